The zero-order valence-corrected chi connectivity index (χ0v) is 23.8. The number of amides is 1. The van der Waals surface area contributed by atoms with Crippen molar-refractivity contribution in [3.8, 4) is 22.6 Å². The number of nitrogens with zero attached hydrogens (tertiary/aromatic N) is 2. The molecule has 5 unspecified atom stereocenters. The van der Waals surface area contributed by atoms with Crippen molar-refractivity contribution in [3.05, 3.63) is 47.0 Å². The summed E-state index contributed by atoms with van der Waals surface area (Å²) in [6.07, 6.45) is 0.564. The van der Waals surface area contributed by atoms with E-state index < -0.39 is 58.6 Å². The van der Waals surface area contributed by atoms with E-state index in [1.54, 1.807) is 13.2 Å². The van der Waals surface area contributed by atoms with Crippen LogP contribution in [0.5, 0.6) is 11.5 Å². The Labute approximate surface area is 243 Å². The third-order valence-electron chi connectivity index (χ3n) is 9.69. The molecule has 5 atom stereocenters. The number of Topliss-reactive ketones (excluding diaryl/α,β-unsaturated/α-hetero) is 4. The Bertz CT molecular complexity index is 1510. The van der Waals surface area contributed by atoms with Gasteiger partial charge in [0.15, 0.2) is 29.1 Å². The van der Waals surface area contributed by atoms with Crippen LogP contribution in [-0.2, 0) is 32.1 Å². The number of piperazine rings is 1. The van der Waals surface area contributed by atoms with Crippen molar-refractivity contribution in [2.45, 2.75) is 25.8 Å². The number of methoxy groups -OCH3 is 1. The average Bonchev–Trinajstić information content (AvgIpc) is 2.93. The summed E-state index contributed by atoms with van der Waals surface area (Å²) >= 11 is 0. The van der Waals surface area contributed by atoms with E-state index in [1.165, 1.54) is 6.07 Å². The van der Waals surface area contributed by atoms with Gasteiger partial charge in [-0.2, -0.15) is 0 Å². The number of carbonyl (C=O) groups excluding carboxylic acids is 5. The van der Waals surface area contributed by atoms with Gasteiger partial charge in [0.1, 0.15) is 11.5 Å². The third-order valence-corrected chi connectivity index (χ3v) is 9.69. The number of hydrogen-bond acceptors (Lipinski definition) is 9. The number of phenolic OH excluding ortho intramolecular Hbond substituents is 1. The maximum atomic E-state index is 13.9. The predicted octanol–water partition coefficient (Wildman–Crippen LogP) is 1.64. The van der Waals surface area contributed by atoms with E-state index >= 15 is 0 Å². The number of ketones is 4. The summed E-state index contributed by atoms with van der Waals surface area (Å²) in [6, 6.07) is 9.17. The molecule has 0 aromatic heterocycles. The second-order valence-electron chi connectivity index (χ2n) is 12.2. The number of likely N-dealkylation sites (N-methyl/N-ethyl adjacent to an activating group) is 1. The van der Waals surface area contributed by atoms with E-state index in [1.807, 2.05) is 12.1 Å². The maximum absolute atomic E-state index is 13.9. The van der Waals surface area contributed by atoms with Crippen molar-refractivity contribution in [2.75, 3.05) is 40.3 Å². The molecule has 4 aliphatic rings. The van der Waals surface area contributed by atoms with Gasteiger partial charge in [-0.1, -0.05) is 12.1 Å². The molecule has 0 radical (unpaired) electrons. The van der Waals surface area contributed by atoms with Crippen molar-refractivity contribution in [3.63, 3.8) is 0 Å². The number of ether oxygens (including phenoxy) is 1. The first-order valence-electron chi connectivity index (χ1n) is 14.5. The number of hydrogen-bond donors (Lipinski definition) is 2. The van der Waals surface area contributed by atoms with Crippen LogP contribution in [-0.4, -0.2) is 84.3 Å². The quantitative estimate of drug-likeness (QED) is 0.510. The van der Waals surface area contributed by atoms with Gasteiger partial charge in [0.25, 0.3) is 0 Å². The van der Waals surface area contributed by atoms with Crippen LogP contribution in [0, 0.1) is 29.6 Å². The lowest BCUT2D eigenvalue weighted by atomic mass is 9.56. The van der Waals surface area contributed by atoms with Gasteiger partial charge in [-0.3, -0.25) is 28.9 Å². The fourth-order valence-electron chi connectivity index (χ4n) is 7.58. The zero-order chi connectivity index (χ0) is 29.9. The van der Waals surface area contributed by atoms with Gasteiger partial charge >= 0.3 is 0 Å². The first-order chi connectivity index (χ1) is 20.1. The Morgan fingerprint density at radius 2 is 1.69 bits per heavy atom. The molecule has 3 N–H and O–H groups in total. The minimum atomic E-state index is -1.65. The number of primary amides is 1. The highest BCUT2D eigenvalue weighted by molar-refractivity contribution is 6.27. The molecular formula is C32H35N3O7. The van der Waals surface area contributed by atoms with Crippen molar-refractivity contribution >= 4 is 29.0 Å². The zero-order valence-electron chi connectivity index (χ0n) is 23.8. The highest BCUT2D eigenvalue weighted by atomic mass is 16.5. The van der Waals surface area contributed by atoms with Gasteiger partial charge in [0.05, 0.1) is 24.5 Å². The topological polar surface area (TPSA) is 147 Å². The van der Waals surface area contributed by atoms with Gasteiger partial charge in [-0.25, -0.2) is 0 Å². The molecule has 6 rings (SSSR count). The van der Waals surface area contributed by atoms with Gasteiger partial charge in [0.2, 0.25) is 5.91 Å². The van der Waals surface area contributed by atoms with E-state index in [2.05, 4.69) is 22.9 Å². The summed E-state index contributed by atoms with van der Waals surface area (Å²) in [7, 11) is 3.75. The molecule has 10 nitrogen and oxygen atoms in total. The second-order valence-corrected chi connectivity index (χ2v) is 12.2. The van der Waals surface area contributed by atoms with Crippen LogP contribution >= 0.6 is 0 Å². The van der Waals surface area contributed by atoms with Gasteiger partial charge in [-0.05, 0) is 66.6 Å². The summed E-state index contributed by atoms with van der Waals surface area (Å²) in [5, 5.41) is 10.8. The van der Waals surface area contributed by atoms with Crippen LogP contribution in [0.4, 0.5) is 0 Å². The standard InChI is InChI=1S/C32H35N3O7/c1-34-7-9-35(10-8-34)15-19-11-16(3-6-24(19)42-2)20-4-5-22(36)27-21(20)13-17-12-18-14-23(37)28(32(33)41)31(40)26(18)29(38)25(17)30(27)39/h3-6,11,17-18,25-26,28,36H,7-10,12-15H2,1-2H3,(H2,33,41). The monoisotopic (exact) mass is 573 g/mol. The summed E-state index contributed by atoms with van der Waals surface area (Å²) in [5.41, 5.74) is 8.74. The summed E-state index contributed by atoms with van der Waals surface area (Å²) in [4.78, 5) is 69.8. The van der Waals surface area contributed by atoms with Gasteiger partial charge in [-0.15, -0.1) is 0 Å². The molecule has 0 spiro atoms. The number of rotatable bonds is 5. The van der Waals surface area contributed by atoms with Crippen LogP contribution in [0.25, 0.3) is 11.1 Å². The van der Waals surface area contributed by atoms with E-state index in [4.69, 9.17) is 10.5 Å². The Balaban J connectivity index is 1.36. The SMILES string of the molecule is COc1ccc(-c2ccc(O)c3c2CC2CC4CC(=O)C(C(N)=O)C(=O)C4C(=O)C2C3=O)cc1CN1CCN(C)CC1. The number of phenols is 1. The van der Waals surface area contributed by atoms with E-state index in [0.29, 0.717) is 24.9 Å². The Morgan fingerprint density at radius 3 is 2.38 bits per heavy atom. The Morgan fingerprint density at radius 1 is 0.976 bits per heavy atom. The molecule has 2 aromatic rings. The molecule has 2 saturated carbocycles. The number of benzene rings is 2. The molecule has 2 aromatic carbocycles. The molecular weight excluding hydrogens is 538 g/mol. The highest BCUT2D eigenvalue weighted by Gasteiger charge is 2.57. The smallest absolute Gasteiger partial charge is 0.235 e. The van der Waals surface area contributed by atoms with E-state index in [0.717, 1.165) is 48.6 Å². The lowest BCUT2D eigenvalue weighted by Gasteiger charge is -2.44. The molecule has 1 amide bonds. The van der Waals surface area contributed by atoms with Crippen LogP contribution in [0.1, 0.15) is 34.3 Å². The molecule has 3 aliphatic carbocycles. The lowest BCUT2D eigenvalue weighted by Crippen LogP contribution is -2.56. The van der Waals surface area contributed by atoms with E-state index in [9.17, 15) is 29.1 Å². The first kappa shape index (κ1) is 28.2. The molecule has 220 valence electrons. The summed E-state index contributed by atoms with van der Waals surface area (Å²) in [6.45, 7) is 4.56. The van der Waals surface area contributed by atoms with Crippen molar-refractivity contribution in [1.82, 2.24) is 9.80 Å². The molecule has 1 saturated heterocycles. The minimum absolute atomic E-state index is 0.0962. The van der Waals surface area contributed by atoms with Crippen LogP contribution < -0.4 is 10.5 Å². The number of fused-ring (bicyclic) bond motifs is 3. The van der Waals surface area contributed by atoms with Crippen molar-refractivity contribution in [1.29, 1.82) is 0 Å². The van der Waals surface area contributed by atoms with Gasteiger partial charge in [0, 0.05) is 44.7 Å². The lowest BCUT2D eigenvalue weighted by molar-refractivity contribution is -0.152. The van der Waals surface area contributed by atoms with Crippen molar-refractivity contribution in [2.24, 2.45) is 35.3 Å². The maximum Gasteiger partial charge on any atom is 0.235 e. The molecule has 10 heteroatoms. The third kappa shape index (κ3) is 4.62. The van der Waals surface area contributed by atoms with Crippen LogP contribution in [0.3, 0.4) is 0 Å². The van der Waals surface area contributed by atoms with Crippen LogP contribution in [0.2, 0.25) is 0 Å². The Hall–Kier alpha value is -3.89. The minimum Gasteiger partial charge on any atom is -0.507 e. The van der Waals surface area contributed by atoms with E-state index in [-0.39, 0.29) is 17.7 Å². The highest BCUT2D eigenvalue weighted by Crippen LogP contribution is 2.49. The first-order valence-corrected chi connectivity index (χ1v) is 14.5. The van der Waals surface area contributed by atoms with Crippen molar-refractivity contribution < 1.29 is 33.8 Å². The second kappa shape index (κ2) is 10.7. The largest absolute Gasteiger partial charge is 0.507 e. The van der Waals surface area contributed by atoms with Gasteiger partial charge < -0.3 is 20.5 Å². The Kier molecular flexibility index (Phi) is 7.22. The number of nitrogens with two attached hydrogens (primary N) is 1. The predicted molar refractivity (Wildman–Crippen MR) is 152 cm³/mol. The molecule has 1 aliphatic heterocycles. The molecule has 0 bridgehead atoms. The normalized spacial score (nSPS) is 28.2. The summed E-state index contributed by atoms with van der Waals surface area (Å²) < 4.78 is 5.67. The average molecular weight is 574 g/mol. The number of carbonyl (C=O) groups is 5. The molecule has 3 fully saturated rings. The fraction of sp³-hybridized carbons (Fsp3) is 0.469. The fourth-order valence-corrected chi connectivity index (χ4v) is 7.58. The molecule has 42 heavy (non-hydrogen) atoms. The number of aromatic hydroxyl groups is 1. The summed E-state index contributed by atoms with van der Waals surface area (Å²) in [5.74, 6) is -7.92. The van der Waals surface area contributed by atoms with Crippen LogP contribution in [0.15, 0.2) is 30.3 Å². The molecule has 1 heterocycles.